The fraction of sp³-hybridized carbons (Fsp3) is 0.286. The van der Waals surface area contributed by atoms with Gasteiger partial charge < -0.3 is 16.0 Å². The Kier molecular flexibility index (Phi) is 7.21. The van der Waals surface area contributed by atoms with Crippen LogP contribution in [0.3, 0.4) is 0 Å². The molecule has 0 saturated carbocycles. The lowest BCUT2D eigenvalue weighted by atomic mass is 9.87. The largest absolute Gasteiger partial charge is 0.347 e. The first-order valence-electron chi connectivity index (χ1n) is 9.97. The number of imide groups is 1. The van der Waals surface area contributed by atoms with E-state index < -0.39 is 41.7 Å². The van der Waals surface area contributed by atoms with Gasteiger partial charge in [-0.1, -0.05) is 43.3 Å². The molecule has 0 bridgehead atoms. The predicted octanol–water partition coefficient (Wildman–Crippen LogP) is 0.412. The third-order valence-electron chi connectivity index (χ3n) is 4.98. The number of hydrogen-bond donors (Lipinski definition) is 4. The van der Waals surface area contributed by atoms with Gasteiger partial charge in [0.1, 0.15) is 5.54 Å². The van der Waals surface area contributed by atoms with Gasteiger partial charge in [0.15, 0.2) is 0 Å². The van der Waals surface area contributed by atoms with Crippen molar-refractivity contribution in [1.82, 2.24) is 26.4 Å². The molecule has 1 unspecified atom stereocenters. The highest BCUT2D eigenvalue weighted by Gasteiger charge is 2.52. The number of nitrogens with one attached hydrogen (secondary N) is 4. The molecular weight excluding hydrogens is 434 g/mol. The summed E-state index contributed by atoms with van der Waals surface area (Å²) in [6.07, 6.45) is 0.861. The zero-order valence-electron chi connectivity index (χ0n) is 17.3. The maximum absolute atomic E-state index is 12.9. The molecule has 0 radical (unpaired) electrons. The predicted molar refractivity (Wildman–Crippen MR) is 116 cm³/mol. The van der Waals surface area contributed by atoms with E-state index in [1.54, 1.807) is 48.6 Å². The number of hydrazine groups is 1. The van der Waals surface area contributed by atoms with E-state index in [1.165, 1.54) is 0 Å². The third-order valence-corrected chi connectivity index (χ3v) is 5.91. The Bertz CT molecular complexity index is 1010. The van der Waals surface area contributed by atoms with Crippen molar-refractivity contribution in [2.24, 2.45) is 0 Å². The molecule has 32 heavy (non-hydrogen) atoms. The summed E-state index contributed by atoms with van der Waals surface area (Å²) in [6, 6.07) is 11.7. The highest BCUT2D eigenvalue weighted by molar-refractivity contribution is 7.09. The number of carbonyl (C=O) groups excluding carboxylic acids is 5. The Hall–Kier alpha value is -3.73. The standard InChI is InChI=1S/C21H23N5O5S/c1-2-21(14-7-4-3-5-8-14)19(30)26(20(31)24-21)25-16(27)13-23-18(29)17(28)22-11-10-15-9-6-12-32-15/h3-9,12H,2,10-11,13H2,1H3,(H,22,28)(H,23,29)(H,24,31)(H,25,27). The summed E-state index contributed by atoms with van der Waals surface area (Å²) < 4.78 is 0. The summed E-state index contributed by atoms with van der Waals surface area (Å²) in [6.45, 7) is 1.44. The van der Waals surface area contributed by atoms with E-state index in [2.05, 4.69) is 21.4 Å². The van der Waals surface area contributed by atoms with Crippen LogP contribution in [-0.4, -0.2) is 47.8 Å². The molecule has 168 valence electrons. The van der Waals surface area contributed by atoms with E-state index in [9.17, 15) is 24.0 Å². The van der Waals surface area contributed by atoms with Gasteiger partial charge in [0.25, 0.3) is 11.8 Å². The first-order chi connectivity index (χ1) is 15.4. The molecule has 11 heteroatoms. The van der Waals surface area contributed by atoms with E-state index in [4.69, 9.17) is 0 Å². The Morgan fingerprint density at radius 1 is 1.03 bits per heavy atom. The van der Waals surface area contributed by atoms with Crippen molar-refractivity contribution >= 4 is 41.0 Å². The van der Waals surface area contributed by atoms with E-state index in [0.29, 0.717) is 17.0 Å². The third kappa shape index (κ3) is 4.94. The highest BCUT2D eigenvalue weighted by Crippen LogP contribution is 2.31. The summed E-state index contributed by atoms with van der Waals surface area (Å²) in [5, 5.41) is 9.76. The molecule has 1 saturated heterocycles. The van der Waals surface area contributed by atoms with Gasteiger partial charge in [-0.2, -0.15) is 5.01 Å². The second-order valence-electron chi connectivity index (χ2n) is 7.00. The second-order valence-corrected chi connectivity index (χ2v) is 8.03. The molecule has 0 spiro atoms. The fourth-order valence-electron chi connectivity index (χ4n) is 3.28. The van der Waals surface area contributed by atoms with Crippen LogP contribution in [0.1, 0.15) is 23.8 Å². The monoisotopic (exact) mass is 457 g/mol. The minimum Gasteiger partial charge on any atom is -0.347 e. The quantitative estimate of drug-likeness (QED) is 0.336. The molecule has 1 atom stereocenters. The Balaban J connectivity index is 1.50. The van der Waals surface area contributed by atoms with Crippen LogP contribution < -0.4 is 21.4 Å². The molecule has 1 aliphatic rings. The maximum atomic E-state index is 12.9. The van der Waals surface area contributed by atoms with Gasteiger partial charge in [0.05, 0.1) is 6.54 Å². The maximum Gasteiger partial charge on any atom is 0.344 e. The van der Waals surface area contributed by atoms with Crippen LogP contribution in [0.2, 0.25) is 0 Å². The molecule has 2 heterocycles. The van der Waals surface area contributed by atoms with Crippen molar-refractivity contribution < 1.29 is 24.0 Å². The molecule has 1 fully saturated rings. The van der Waals surface area contributed by atoms with Crippen molar-refractivity contribution in [3.63, 3.8) is 0 Å². The summed E-state index contributed by atoms with van der Waals surface area (Å²) in [5.74, 6) is -3.33. The lowest BCUT2D eigenvalue weighted by Gasteiger charge is -2.25. The Morgan fingerprint density at radius 2 is 1.75 bits per heavy atom. The average molecular weight is 458 g/mol. The van der Waals surface area contributed by atoms with Gasteiger partial charge >= 0.3 is 17.8 Å². The van der Waals surface area contributed by atoms with Gasteiger partial charge in [0, 0.05) is 11.4 Å². The van der Waals surface area contributed by atoms with Crippen LogP contribution in [-0.2, 0) is 31.1 Å². The van der Waals surface area contributed by atoms with E-state index in [1.807, 2.05) is 17.5 Å². The summed E-state index contributed by atoms with van der Waals surface area (Å²) in [5.41, 5.74) is 1.47. The van der Waals surface area contributed by atoms with Gasteiger partial charge in [-0.3, -0.25) is 24.6 Å². The number of nitrogens with zero attached hydrogens (tertiary/aromatic N) is 1. The summed E-state index contributed by atoms with van der Waals surface area (Å²) in [7, 11) is 0. The molecule has 1 aromatic heterocycles. The number of rotatable bonds is 8. The minimum absolute atomic E-state index is 0.274. The first-order valence-corrected chi connectivity index (χ1v) is 10.9. The van der Waals surface area contributed by atoms with E-state index in [-0.39, 0.29) is 13.0 Å². The number of carbonyl (C=O) groups is 5. The van der Waals surface area contributed by atoms with E-state index in [0.717, 1.165) is 4.88 Å². The topological polar surface area (TPSA) is 137 Å². The molecule has 0 aliphatic carbocycles. The van der Waals surface area contributed by atoms with Crippen LogP contribution in [0.5, 0.6) is 0 Å². The molecule has 6 amide bonds. The fourth-order valence-corrected chi connectivity index (χ4v) is 3.99. The van der Waals surface area contributed by atoms with Gasteiger partial charge in [-0.05, 0) is 29.9 Å². The second kappa shape index (κ2) is 10.1. The van der Waals surface area contributed by atoms with Crippen LogP contribution in [0.25, 0.3) is 0 Å². The highest BCUT2D eigenvalue weighted by atomic mass is 32.1. The van der Waals surface area contributed by atoms with Crippen LogP contribution in [0.4, 0.5) is 4.79 Å². The zero-order chi connectivity index (χ0) is 23.1. The molecule has 4 N–H and O–H groups in total. The lowest BCUT2D eigenvalue weighted by Crippen LogP contribution is -2.52. The SMILES string of the molecule is CCC1(c2ccccc2)NC(=O)N(NC(=O)CNC(=O)C(=O)NCCc2cccs2)C1=O. The number of thiophene rings is 1. The normalized spacial score (nSPS) is 17.6. The molecule has 10 nitrogen and oxygen atoms in total. The number of amides is 6. The van der Waals surface area contributed by atoms with Crippen LogP contribution in [0.15, 0.2) is 47.8 Å². The first kappa shape index (κ1) is 22.9. The van der Waals surface area contributed by atoms with Crippen LogP contribution in [0, 0.1) is 0 Å². The Morgan fingerprint density at radius 3 is 2.41 bits per heavy atom. The minimum atomic E-state index is -1.29. The molecule has 2 aromatic rings. The van der Waals surface area contributed by atoms with E-state index >= 15 is 0 Å². The zero-order valence-corrected chi connectivity index (χ0v) is 18.2. The summed E-state index contributed by atoms with van der Waals surface area (Å²) >= 11 is 1.54. The van der Waals surface area contributed by atoms with Gasteiger partial charge in [-0.25, -0.2) is 4.79 Å². The van der Waals surface area contributed by atoms with Gasteiger partial charge in [-0.15, -0.1) is 11.3 Å². The summed E-state index contributed by atoms with van der Waals surface area (Å²) in [4.78, 5) is 62.3. The van der Waals surface area contributed by atoms with Crippen molar-refractivity contribution in [2.75, 3.05) is 13.1 Å². The van der Waals surface area contributed by atoms with Crippen molar-refractivity contribution in [2.45, 2.75) is 25.3 Å². The lowest BCUT2D eigenvalue weighted by molar-refractivity contribution is -0.141. The van der Waals surface area contributed by atoms with Gasteiger partial charge in [0.2, 0.25) is 0 Å². The number of hydrogen-bond acceptors (Lipinski definition) is 6. The number of benzene rings is 1. The smallest absolute Gasteiger partial charge is 0.344 e. The molecule has 1 aliphatic heterocycles. The molecule has 1 aromatic carbocycles. The number of urea groups is 1. The van der Waals surface area contributed by atoms with Crippen molar-refractivity contribution in [3.8, 4) is 0 Å². The van der Waals surface area contributed by atoms with Crippen LogP contribution >= 0.6 is 11.3 Å². The molecule has 3 rings (SSSR count). The molecular formula is C21H23N5O5S. The Labute approximate surface area is 188 Å². The van der Waals surface area contributed by atoms with Crippen molar-refractivity contribution in [1.29, 1.82) is 0 Å². The van der Waals surface area contributed by atoms with Crippen molar-refractivity contribution in [3.05, 3.63) is 58.3 Å². The average Bonchev–Trinajstić information content (AvgIpc) is 3.40.